The quantitative estimate of drug-likeness (QED) is 0.513. The van der Waals surface area contributed by atoms with E-state index in [1.165, 1.54) is 11.6 Å². The Kier molecular flexibility index (Phi) is 5.66. The van der Waals surface area contributed by atoms with E-state index in [0.29, 0.717) is 12.4 Å². The first-order chi connectivity index (χ1) is 14.2. The minimum Gasteiger partial charge on any atom is -0.489 e. The number of nitrogens with one attached hydrogen (secondary N) is 1. The highest BCUT2D eigenvalue weighted by molar-refractivity contribution is 5.85. The molecule has 30 heavy (non-hydrogen) atoms. The Morgan fingerprint density at radius 1 is 1.13 bits per heavy atom. The minimum absolute atomic E-state index is 0. The molecule has 5 rings (SSSR count). The zero-order chi connectivity index (χ0) is 19.8. The third kappa shape index (κ3) is 3.74. The highest BCUT2D eigenvalue weighted by Gasteiger charge is 2.23. The van der Waals surface area contributed by atoms with E-state index < -0.39 is 0 Å². The number of benzene rings is 2. The van der Waals surface area contributed by atoms with Gasteiger partial charge in [-0.3, -0.25) is 9.36 Å². The Bertz CT molecular complexity index is 1230. The molecule has 0 saturated heterocycles. The fourth-order valence-electron chi connectivity index (χ4n) is 3.98. The van der Waals surface area contributed by atoms with E-state index in [0.717, 1.165) is 40.9 Å². The molecule has 0 aliphatic carbocycles. The van der Waals surface area contributed by atoms with Crippen LogP contribution in [0.4, 0.5) is 0 Å². The van der Waals surface area contributed by atoms with Crippen LogP contribution >= 0.6 is 12.4 Å². The molecule has 5 nitrogen and oxygen atoms in total. The molecule has 3 heterocycles. The molecule has 2 aromatic heterocycles. The van der Waals surface area contributed by atoms with Crippen LogP contribution in [-0.4, -0.2) is 11.1 Å². The van der Waals surface area contributed by atoms with Crippen molar-refractivity contribution < 1.29 is 9.15 Å². The summed E-state index contributed by atoms with van der Waals surface area (Å²) in [6.45, 7) is 3.50. The van der Waals surface area contributed by atoms with Gasteiger partial charge < -0.3 is 14.5 Å². The molecule has 1 atom stereocenters. The van der Waals surface area contributed by atoms with Gasteiger partial charge in [-0.25, -0.2) is 0 Å². The van der Waals surface area contributed by atoms with Crippen LogP contribution in [0.25, 0.3) is 16.7 Å². The lowest BCUT2D eigenvalue weighted by Gasteiger charge is -2.19. The first kappa shape index (κ1) is 20.3. The van der Waals surface area contributed by atoms with Gasteiger partial charge in [0, 0.05) is 48.3 Å². The van der Waals surface area contributed by atoms with Crippen molar-refractivity contribution in [2.45, 2.75) is 26.0 Å². The van der Waals surface area contributed by atoms with Gasteiger partial charge in [-0.1, -0.05) is 30.3 Å². The highest BCUT2D eigenvalue weighted by Crippen LogP contribution is 2.34. The lowest BCUT2D eigenvalue weighted by atomic mass is 9.99. The molecule has 0 bridgehead atoms. The molecule has 6 heteroatoms. The third-order valence-electron chi connectivity index (χ3n) is 5.44. The Morgan fingerprint density at radius 3 is 2.77 bits per heavy atom. The van der Waals surface area contributed by atoms with Gasteiger partial charge in [0.1, 0.15) is 23.7 Å². The maximum Gasteiger partial charge on any atom is 0.258 e. The summed E-state index contributed by atoms with van der Waals surface area (Å²) >= 11 is 0. The largest absolute Gasteiger partial charge is 0.489 e. The number of halogens is 1. The SMILES string of the molecule is CC1NCCc2oc3cc(-n4ccc(OCc5ccccc5)cc4=O)ccc3c21.Cl. The number of ether oxygens (including phenoxy) is 1. The summed E-state index contributed by atoms with van der Waals surface area (Å²) in [4.78, 5) is 12.7. The van der Waals surface area contributed by atoms with Gasteiger partial charge in [0.2, 0.25) is 0 Å². The summed E-state index contributed by atoms with van der Waals surface area (Å²) in [6.07, 6.45) is 2.63. The normalized spacial score (nSPS) is 15.4. The van der Waals surface area contributed by atoms with E-state index in [-0.39, 0.29) is 24.0 Å². The average Bonchev–Trinajstić information content (AvgIpc) is 3.12. The van der Waals surface area contributed by atoms with E-state index in [4.69, 9.17) is 9.15 Å². The van der Waals surface area contributed by atoms with Crippen molar-refractivity contribution in [2.75, 3.05) is 6.54 Å². The van der Waals surface area contributed by atoms with E-state index >= 15 is 0 Å². The first-order valence-electron chi connectivity index (χ1n) is 9.87. The van der Waals surface area contributed by atoms with Crippen molar-refractivity contribution in [1.29, 1.82) is 0 Å². The average molecular weight is 423 g/mol. The smallest absolute Gasteiger partial charge is 0.258 e. The predicted molar refractivity (Wildman–Crippen MR) is 120 cm³/mol. The van der Waals surface area contributed by atoms with Crippen molar-refractivity contribution >= 4 is 23.4 Å². The molecule has 0 saturated carbocycles. The zero-order valence-electron chi connectivity index (χ0n) is 16.6. The van der Waals surface area contributed by atoms with Crippen LogP contribution in [0.2, 0.25) is 0 Å². The number of fused-ring (bicyclic) bond motifs is 3. The molecule has 1 unspecified atom stereocenters. The molecule has 1 aliphatic rings. The van der Waals surface area contributed by atoms with Crippen LogP contribution in [0, 0.1) is 0 Å². The van der Waals surface area contributed by atoms with Crippen LogP contribution in [0.3, 0.4) is 0 Å². The number of nitrogens with zero attached hydrogens (tertiary/aromatic N) is 1. The van der Waals surface area contributed by atoms with E-state index in [9.17, 15) is 4.79 Å². The van der Waals surface area contributed by atoms with Crippen LogP contribution in [0.15, 0.2) is 76.1 Å². The molecular weight excluding hydrogens is 400 g/mol. The number of pyridine rings is 1. The van der Waals surface area contributed by atoms with Crippen LogP contribution in [0.5, 0.6) is 5.75 Å². The highest BCUT2D eigenvalue weighted by atomic mass is 35.5. The number of aromatic nitrogens is 1. The van der Waals surface area contributed by atoms with Gasteiger partial charge in [-0.05, 0) is 30.7 Å². The predicted octanol–water partition coefficient (Wildman–Crippen LogP) is 4.79. The monoisotopic (exact) mass is 422 g/mol. The fraction of sp³-hybridized carbons (Fsp3) is 0.208. The second kappa shape index (κ2) is 8.38. The summed E-state index contributed by atoms with van der Waals surface area (Å²) in [5.74, 6) is 1.60. The number of hydrogen-bond acceptors (Lipinski definition) is 4. The van der Waals surface area contributed by atoms with E-state index in [1.54, 1.807) is 10.8 Å². The molecule has 1 aliphatic heterocycles. The summed E-state index contributed by atoms with van der Waals surface area (Å²) < 4.78 is 13.5. The summed E-state index contributed by atoms with van der Waals surface area (Å²) in [5, 5.41) is 4.58. The van der Waals surface area contributed by atoms with Gasteiger partial charge >= 0.3 is 0 Å². The Hall–Kier alpha value is -3.02. The Morgan fingerprint density at radius 2 is 1.97 bits per heavy atom. The molecule has 154 valence electrons. The summed E-state index contributed by atoms with van der Waals surface area (Å²) in [6, 6.07) is 19.4. The molecule has 0 amide bonds. The second-order valence-electron chi connectivity index (χ2n) is 7.39. The third-order valence-corrected chi connectivity index (χ3v) is 5.44. The topological polar surface area (TPSA) is 56.4 Å². The molecule has 0 radical (unpaired) electrons. The minimum atomic E-state index is -0.138. The van der Waals surface area contributed by atoms with Crippen LogP contribution in [0.1, 0.15) is 29.9 Å². The van der Waals surface area contributed by atoms with Crippen molar-refractivity contribution in [3.05, 3.63) is 94.1 Å². The maximum absolute atomic E-state index is 12.7. The number of rotatable bonds is 4. The van der Waals surface area contributed by atoms with Crippen molar-refractivity contribution in [3.8, 4) is 11.4 Å². The van der Waals surface area contributed by atoms with Gasteiger partial charge in [0.25, 0.3) is 5.56 Å². The molecule has 2 aromatic carbocycles. The van der Waals surface area contributed by atoms with Crippen molar-refractivity contribution in [3.63, 3.8) is 0 Å². The molecule has 4 aromatic rings. The Labute approximate surface area is 180 Å². The second-order valence-corrected chi connectivity index (χ2v) is 7.39. The molecule has 0 spiro atoms. The molecule has 1 N–H and O–H groups in total. The van der Waals surface area contributed by atoms with Crippen molar-refractivity contribution in [1.82, 2.24) is 9.88 Å². The van der Waals surface area contributed by atoms with Gasteiger partial charge in [0.05, 0.1) is 5.69 Å². The summed E-state index contributed by atoms with van der Waals surface area (Å²) in [7, 11) is 0. The number of hydrogen-bond donors (Lipinski definition) is 1. The standard InChI is InChI=1S/C24H22N2O3.ClH/c1-16-24-20-8-7-18(13-22(20)29-21(24)9-11-25-16)26-12-10-19(14-23(26)27)28-15-17-5-3-2-4-6-17;/h2-8,10,12-14,16,25H,9,11,15H2,1H3;1H. The van der Waals surface area contributed by atoms with E-state index in [2.05, 4.69) is 12.2 Å². The van der Waals surface area contributed by atoms with Gasteiger partial charge in [0.15, 0.2) is 0 Å². The fourth-order valence-corrected chi connectivity index (χ4v) is 3.98. The van der Waals surface area contributed by atoms with Crippen molar-refractivity contribution in [2.24, 2.45) is 0 Å². The lowest BCUT2D eigenvalue weighted by Crippen LogP contribution is -2.26. The summed E-state index contributed by atoms with van der Waals surface area (Å²) in [5.41, 5.74) is 3.76. The zero-order valence-corrected chi connectivity index (χ0v) is 17.4. The lowest BCUT2D eigenvalue weighted by molar-refractivity contribution is 0.305. The first-order valence-corrected chi connectivity index (χ1v) is 9.87. The van der Waals surface area contributed by atoms with Gasteiger partial charge in [-0.15, -0.1) is 12.4 Å². The number of furan rings is 1. The van der Waals surface area contributed by atoms with Crippen LogP contribution in [-0.2, 0) is 13.0 Å². The Balaban J connectivity index is 0.00000218. The van der Waals surface area contributed by atoms with E-state index in [1.807, 2.05) is 54.6 Å². The van der Waals surface area contributed by atoms with Gasteiger partial charge in [-0.2, -0.15) is 0 Å². The van der Waals surface area contributed by atoms with Crippen LogP contribution < -0.4 is 15.6 Å². The molecular formula is C24H23ClN2O3. The maximum atomic E-state index is 12.7. The molecule has 0 fully saturated rings.